The van der Waals surface area contributed by atoms with Gasteiger partial charge in [-0.25, -0.2) is 4.98 Å². The van der Waals surface area contributed by atoms with Crippen LogP contribution in [-0.2, 0) is 6.54 Å². The maximum Gasteiger partial charge on any atom is 0.128 e. The molecule has 0 radical (unpaired) electrons. The Kier molecular flexibility index (Phi) is 7.09. The third-order valence-corrected chi connectivity index (χ3v) is 4.56. The number of anilines is 1. The first kappa shape index (κ1) is 20.0. The van der Waals surface area contributed by atoms with Crippen molar-refractivity contribution in [3.63, 3.8) is 0 Å². The number of rotatable bonds is 8. The molecule has 0 amide bonds. The summed E-state index contributed by atoms with van der Waals surface area (Å²) in [5.41, 5.74) is 2.38. The van der Waals surface area contributed by atoms with Gasteiger partial charge in [-0.1, -0.05) is 36.4 Å². The first-order chi connectivity index (χ1) is 13.4. The van der Waals surface area contributed by atoms with E-state index in [9.17, 15) is 0 Å². The second-order valence-electron chi connectivity index (χ2n) is 6.52. The molecule has 1 N–H and O–H groups in total. The molecular weight excluding hydrogens is 414 g/mol. The van der Waals surface area contributed by atoms with E-state index in [-0.39, 0.29) is 17.0 Å². The van der Waals surface area contributed by atoms with E-state index in [1.54, 1.807) is 0 Å². The summed E-state index contributed by atoms with van der Waals surface area (Å²) in [6, 6.07) is 24.8. The van der Waals surface area contributed by atoms with Gasteiger partial charge in [-0.15, -0.1) is 17.0 Å². The number of benzene rings is 2. The minimum absolute atomic E-state index is 0. The van der Waals surface area contributed by atoms with Crippen molar-refractivity contribution in [1.82, 2.24) is 9.97 Å². The van der Waals surface area contributed by atoms with Crippen LogP contribution >= 0.6 is 17.0 Å². The summed E-state index contributed by atoms with van der Waals surface area (Å²) in [7, 11) is 0. The standard InChI is InChI=1S/C23H23N3O.BrH/c1-2-7-19(8-3-1)18-26(23-9-4-5-13-25-23)15-6-16-27-21-11-10-20-12-14-24-22(20)17-21;/h1-5,7-14,17,24H,6,15-16,18H2;1H. The lowest BCUT2D eigenvalue weighted by Crippen LogP contribution is -2.26. The van der Waals surface area contributed by atoms with Gasteiger partial charge in [-0.2, -0.15) is 0 Å². The molecule has 0 fully saturated rings. The molecule has 144 valence electrons. The largest absolute Gasteiger partial charge is 0.493 e. The minimum atomic E-state index is 0. The number of aromatic nitrogens is 2. The molecule has 4 nitrogen and oxygen atoms in total. The number of halogens is 1. The van der Waals surface area contributed by atoms with E-state index in [0.29, 0.717) is 6.61 Å². The fraction of sp³-hybridized carbons (Fsp3) is 0.174. The molecule has 2 aromatic heterocycles. The maximum atomic E-state index is 5.95. The van der Waals surface area contributed by atoms with Crippen LogP contribution in [0.4, 0.5) is 5.82 Å². The molecule has 0 aliphatic rings. The summed E-state index contributed by atoms with van der Waals surface area (Å²) in [5, 5.41) is 1.20. The number of hydrogen-bond donors (Lipinski definition) is 1. The lowest BCUT2D eigenvalue weighted by Gasteiger charge is -2.24. The number of fused-ring (bicyclic) bond motifs is 1. The SMILES string of the molecule is Br.c1ccc(CN(CCCOc2ccc3cc[nH]c3c2)c2ccccn2)cc1. The van der Waals surface area contributed by atoms with Crippen molar-refractivity contribution in [2.24, 2.45) is 0 Å². The molecule has 0 bridgehead atoms. The summed E-state index contributed by atoms with van der Waals surface area (Å²) in [4.78, 5) is 10.0. The molecule has 4 rings (SSSR count). The van der Waals surface area contributed by atoms with Gasteiger partial charge in [0.1, 0.15) is 11.6 Å². The highest BCUT2D eigenvalue weighted by Gasteiger charge is 2.08. The number of ether oxygens (including phenoxy) is 1. The predicted octanol–water partition coefficient (Wildman–Crippen LogP) is 5.62. The summed E-state index contributed by atoms with van der Waals surface area (Å²) in [6.45, 7) is 2.40. The van der Waals surface area contributed by atoms with Gasteiger partial charge in [0.2, 0.25) is 0 Å². The van der Waals surface area contributed by atoms with Crippen LogP contribution in [0.1, 0.15) is 12.0 Å². The second kappa shape index (κ2) is 9.95. The van der Waals surface area contributed by atoms with E-state index in [1.165, 1.54) is 10.9 Å². The van der Waals surface area contributed by atoms with Crippen LogP contribution in [-0.4, -0.2) is 23.1 Å². The van der Waals surface area contributed by atoms with Crippen LogP contribution in [0.3, 0.4) is 0 Å². The van der Waals surface area contributed by atoms with Crippen molar-refractivity contribution in [2.75, 3.05) is 18.1 Å². The zero-order chi connectivity index (χ0) is 18.3. The lowest BCUT2D eigenvalue weighted by atomic mass is 10.2. The van der Waals surface area contributed by atoms with Crippen LogP contribution in [0.25, 0.3) is 10.9 Å². The smallest absolute Gasteiger partial charge is 0.128 e. The van der Waals surface area contributed by atoms with E-state index >= 15 is 0 Å². The zero-order valence-electron chi connectivity index (χ0n) is 15.6. The van der Waals surface area contributed by atoms with Gasteiger partial charge in [0.05, 0.1) is 6.61 Å². The normalized spacial score (nSPS) is 10.4. The molecule has 4 aromatic rings. The van der Waals surface area contributed by atoms with Crippen LogP contribution in [0.5, 0.6) is 5.75 Å². The van der Waals surface area contributed by atoms with Gasteiger partial charge in [0.25, 0.3) is 0 Å². The van der Waals surface area contributed by atoms with Crippen molar-refractivity contribution in [1.29, 1.82) is 0 Å². The number of nitrogens with zero attached hydrogens (tertiary/aromatic N) is 2. The van der Waals surface area contributed by atoms with E-state index in [1.807, 2.05) is 36.7 Å². The monoisotopic (exact) mass is 437 g/mol. The van der Waals surface area contributed by atoms with Crippen molar-refractivity contribution in [3.8, 4) is 5.75 Å². The maximum absolute atomic E-state index is 5.95. The Hall–Kier alpha value is -2.79. The third-order valence-electron chi connectivity index (χ3n) is 4.56. The van der Waals surface area contributed by atoms with Crippen molar-refractivity contribution >= 4 is 33.7 Å². The second-order valence-corrected chi connectivity index (χ2v) is 6.52. The highest BCUT2D eigenvalue weighted by molar-refractivity contribution is 8.93. The Morgan fingerprint density at radius 2 is 1.79 bits per heavy atom. The molecule has 0 saturated heterocycles. The van der Waals surface area contributed by atoms with Gasteiger partial charge in [-0.05, 0) is 47.7 Å². The Morgan fingerprint density at radius 3 is 2.61 bits per heavy atom. The molecule has 2 aromatic carbocycles. The van der Waals surface area contributed by atoms with Crippen LogP contribution < -0.4 is 9.64 Å². The van der Waals surface area contributed by atoms with Gasteiger partial charge >= 0.3 is 0 Å². The molecule has 28 heavy (non-hydrogen) atoms. The molecule has 0 spiro atoms. The Balaban J connectivity index is 0.00000225. The molecule has 0 aliphatic heterocycles. The summed E-state index contributed by atoms with van der Waals surface area (Å²) >= 11 is 0. The Labute approximate surface area is 176 Å². The fourth-order valence-corrected chi connectivity index (χ4v) is 3.18. The van der Waals surface area contributed by atoms with Gasteiger partial charge in [0, 0.05) is 37.1 Å². The van der Waals surface area contributed by atoms with Gasteiger partial charge < -0.3 is 14.6 Å². The van der Waals surface area contributed by atoms with E-state index in [2.05, 4.69) is 63.4 Å². The van der Waals surface area contributed by atoms with Crippen molar-refractivity contribution < 1.29 is 4.74 Å². The molecule has 5 heteroatoms. The number of hydrogen-bond acceptors (Lipinski definition) is 3. The quantitative estimate of drug-likeness (QED) is 0.363. The average Bonchev–Trinajstić information content (AvgIpc) is 3.19. The fourth-order valence-electron chi connectivity index (χ4n) is 3.18. The molecule has 0 aliphatic carbocycles. The first-order valence-corrected chi connectivity index (χ1v) is 9.28. The van der Waals surface area contributed by atoms with Crippen LogP contribution in [0, 0.1) is 0 Å². The van der Waals surface area contributed by atoms with E-state index < -0.39 is 0 Å². The topological polar surface area (TPSA) is 41.1 Å². The van der Waals surface area contributed by atoms with Gasteiger partial charge in [-0.3, -0.25) is 0 Å². The first-order valence-electron chi connectivity index (χ1n) is 9.28. The number of H-pyrrole nitrogens is 1. The minimum Gasteiger partial charge on any atom is -0.493 e. The summed E-state index contributed by atoms with van der Waals surface area (Å²) in [6.07, 6.45) is 4.71. The predicted molar refractivity (Wildman–Crippen MR) is 120 cm³/mol. The van der Waals surface area contributed by atoms with E-state index in [0.717, 1.165) is 36.6 Å². The number of pyridine rings is 1. The van der Waals surface area contributed by atoms with E-state index in [4.69, 9.17) is 4.74 Å². The zero-order valence-corrected chi connectivity index (χ0v) is 17.3. The van der Waals surface area contributed by atoms with Crippen molar-refractivity contribution in [2.45, 2.75) is 13.0 Å². The summed E-state index contributed by atoms with van der Waals surface area (Å²) < 4.78 is 5.95. The Morgan fingerprint density at radius 1 is 0.929 bits per heavy atom. The number of aromatic amines is 1. The number of nitrogens with one attached hydrogen (secondary N) is 1. The molecule has 2 heterocycles. The molecule has 0 saturated carbocycles. The van der Waals surface area contributed by atoms with Crippen molar-refractivity contribution in [3.05, 3.63) is 90.8 Å². The van der Waals surface area contributed by atoms with Crippen LogP contribution in [0.15, 0.2) is 85.2 Å². The average molecular weight is 438 g/mol. The highest BCUT2D eigenvalue weighted by atomic mass is 79.9. The Bertz CT molecular complexity index is 973. The molecule has 0 unspecified atom stereocenters. The molecular formula is C23H24BrN3O. The third kappa shape index (κ3) is 5.14. The summed E-state index contributed by atoms with van der Waals surface area (Å²) in [5.74, 6) is 1.89. The molecule has 0 atom stereocenters. The lowest BCUT2D eigenvalue weighted by molar-refractivity contribution is 0.312. The van der Waals surface area contributed by atoms with Crippen LogP contribution in [0.2, 0.25) is 0 Å². The van der Waals surface area contributed by atoms with Gasteiger partial charge in [0.15, 0.2) is 0 Å². The highest BCUT2D eigenvalue weighted by Crippen LogP contribution is 2.20.